The van der Waals surface area contributed by atoms with Crippen molar-refractivity contribution in [3.8, 4) is 0 Å². The van der Waals surface area contributed by atoms with Gasteiger partial charge in [0.05, 0.1) is 11.7 Å². The van der Waals surface area contributed by atoms with E-state index in [0.717, 1.165) is 30.0 Å². The Morgan fingerprint density at radius 1 is 1.44 bits per heavy atom. The van der Waals surface area contributed by atoms with Gasteiger partial charge in [-0.05, 0) is 42.4 Å². The molecule has 1 fully saturated rings. The Hall–Kier alpha value is -1.29. The molecule has 0 saturated carbocycles. The first-order chi connectivity index (χ1) is 8.86. The van der Waals surface area contributed by atoms with Crippen molar-refractivity contribution in [3.05, 3.63) is 35.9 Å². The zero-order valence-corrected chi connectivity index (χ0v) is 11.0. The molecule has 0 unspecified atom stereocenters. The van der Waals surface area contributed by atoms with E-state index in [-0.39, 0.29) is 0 Å². The van der Waals surface area contributed by atoms with E-state index in [1.54, 1.807) is 0 Å². The van der Waals surface area contributed by atoms with Gasteiger partial charge in [0.25, 0.3) is 0 Å². The fourth-order valence-corrected chi connectivity index (χ4v) is 3.71. The second kappa shape index (κ2) is 5.14. The summed E-state index contributed by atoms with van der Waals surface area (Å²) in [5.74, 6) is 4.45. The molecule has 0 radical (unpaired) electrons. The Balaban J connectivity index is 1.85. The summed E-state index contributed by atoms with van der Waals surface area (Å²) in [6.07, 6.45) is 8.34. The topological polar surface area (TPSA) is 34.4 Å². The smallest absolute Gasteiger partial charge is 0.150 e. The van der Waals surface area contributed by atoms with Crippen molar-refractivity contribution >= 4 is 23.6 Å². The summed E-state index contributed by atoms with van der Waals surface area (Å²) >= 11 is 2.05. The summed E-state index contributed by atoms with van der Waals surface area (Å²) in [5, 5.41) is 0. The van der Waals surface area contributed by atoms with Crippen LogP contribution in [0.4, 0.5) is 0 Å². The molecule has 0 aliphatic carbocycles. The average molecular weight is 260 g/mol. The highest BCUT2D eigenvalue weighted by atomic mass is 32.2. The molecule has 94 valence electrons. The van der Waals surface area contributed by atoms with E-state index in [9.17, 15) is 4.79 Å². The molecule has 0 spiro atoms. The Labute approximate surface area is 111 Å². The molecule has 0 amide bonds. The number of fused-ring (bicyclic) bond motifs is 1. The van der Waals surface area contributed by atoms with Crippen molar-refractivity contribution in [2.24, 2.45) is 5.92 Å². The van der Waals surface area contributed by atoms with Gasteiger partial charge in [0.15, 0.2) is 0 Å². The van der Waals surface area contributed by atoms with Crippen LogP contribution < -0.4 is 0 Å². The molecular weight excluding hydrogens is 244 g/mol. The van der Waals surface area contributed by atoms with Crippen molar-refractivity contribution in [3.63, 3.8) is 0 Å². The van der Waals surface area contributed by atoms with Crippen LogP contribution in [0.5, 0.6) is 0 Å². The number of carbonyl (C=O) groups excluding carboxylic acids is 1. The molecule has 0 bridgehead atoms. The zero-order valence-electron chi connectivity index (χ0n) is 10.2. The average Bonchev–Trinajstić information content (AvgIpc) is 2.82. The van der Waals surface area contributed by atoms with Crippen molar-refractivity contribution in [1.82, 2.24) is 9.38 Å². The summed E-state index contributed by atoms with van der Waals surface area (Å²) in [4.78, 5) is 15.2. The lowest BCUT2D eigenvalue weighted by atomic mass is 9.98. The van der Waals surface area contributed by atoms with E-state index < -0.39 is 0 Å². The third-order valence-corrected chi connectivity index (χ3v) is 4.63. The summed E-state index contributed by atoms with van der Waals surface area (Å²) in [7, 11) is 0. The molecule has 3 rings (SSSR count). The predicted molar refractivity (Wildman–Crippen MR) is 74.3 cm³/mol. The standard InChI is InChI=1S/C14H16N2OS/c17-10-12-1-4-16-13(7-12)9-15-14(16)8-11-2-5-18-6-3-11/h1,4,7,9-11H,2-3,5-6,8H2. The number of rotatable bonds is 3. The highest BCUT2D eigenvalue weighted by Gasteiger charge is 2.16. The predicted octanol–water partition coefficient (Wildman–Crippen LogP) is 2.83. The number of hydrogen-bond donors (Lipinski definition) is 0. The number of aldehydes is 1. The number of imidazole rings is 1. The van der Waals surface area contributed by atoms with Crippen LogP contribution >= 0.6 is 11.8 Å². The first-order valence-electron chi connectivity index (χ1n) is 6.36. The fraction of sp³-hybridized carbons (Fsp3) is 0.429. The van der Waals surface area contributed by atoms with Gasteiger partial charge in [-0.1, -0.05) is 0 Å². The summed E-state index contributed by atoms with van der Waals surface area (Å²) in [6.45, 7) is 0. The maximum atomic E-state index is 10.7. The minimum absolute atomic E-state index is 0.711. The molecule has 0 N–H and O–H groups in total. The van der Waals surface area contributed by atoms with Crippen LogP contribution in [-0.2, 0) is 6.42 Å². The van der Waals surface area contributed by atoms with Crippen molar-refractivity contribution in [2.75, 3.05) is 11.5 Å². The molecule has 2 aromatic heterocycles. The molecule has 4 heteroatoms. The zero-order chi connectivity index (χ0) is 12.4. The normalized spacial score (nSPS) is 17.1. The lowest BCUT2D eigenvalue weighted by Crippen LogP contribution is -2.13. The molecule has 0 atom stereocenters. The Morgan fingerprint density at radius 2 is 2.28 bits per heavy atom. The third-order valence-electron chi connectivity index (χ3n) is 3.58. The van der Waals surface area contributed by atoms with E-state index in [1.165, 1.54) is 24.3 Å². The maximum absolute atomic E-state index is 10.7. The van der Waals surface area contributed by atoms with Crippen LogP contribution in [-0.4, -0.2) is 27.2 Å². The van der Waals surface area contributed by atoms with Crippen LogP contribution in [0.25, 0.3) is 5.52 Å². The number of thioether (sulfide) groups is 1. The number of aromatic nitrogens is 2. The second-order valence-corrected chi connectivity index (χ2v) is 6.03. The molecule has 0 aromatic carbocycles. The molecule has 2 aromatic rings. The first kappa shape index (κ1) is 11.8. The number of pyridine rings is 1. The molecule has 18 heavy (non-hydrogen) atoms. The minimum Gasteiger partial charge on any atom is -0.304 e. The van der Waals surface area contributed by atoms with Gasteiger partial charge in [0.2, 0.25) is 0 Å². The van der Waals surface area contributed by atoms with E-state index in [0.29, 0.717) is 5.56 Å². The monoisotopic (exact) mass is 260 g/mol. The number of nitrogens with zero attached hydrogens (tertiary/aromatic N) is 2. The SMILES string of the molecule is O=Cc1ccn2c(CC3CCSCC3)ncc2c1. The van der Waals surface area contributed by atoms with Crippen LogP contribution in [0.15, 0.2) is 24.5 Å². The number of hydrogen-bond acceptors (Lipinski definition) is 3. The Morgan fingerprint density at radius 3 is 3.06 bits per heavy atom. The van der Waals surface area contributed by atoms with Crippen LogP contribution in [0.1, 0.15) is 29.0 Å². The van der Waals surface area contributed by atoms with Gasteiger partial charge in [0.1, 0.15) is 12.1 Å². The van der Waals surface area contributed by atoms with Crippen molar-refractivity contribution in [2.45, 2.75) is 19.3 Å². The fourth-order valence-electron chi connectivity index (χ4n) is 2.51. The molecule has 3 nitrogen and oxygen atoms in total. The molecular formula is C14H16N2OS. The molecule has 3 heterocycles. The van der Waals surface area contributed by atoms with E-state index in [1.807, 2.05) is 24.5 Å². The van der Waals surface area contributed by atoms with Gasteiger partial charge in [-0.2, -0.15) is 11.8 Å². The summed E-state index contributed by atoms with van der Waals surface area (Å²) in [6, 6.07) is 3.74. The van der Waals surface area contributed by atoms with E-state index in [2.05, 4.69) is 21.1 Å². The first-order valence-corrected chi connectivity index (χ1v) is 7.51. The van der Waals surface area contributed by atoms with E-state index >= 15 is 0 Å². The highest BCUT2D eigenvalue weighted by molar-refractivity contribution is 7.99. The van der Waals surface area contributed by atoms with E-state index in [4.69, 9.17) is 0 Å². The van der Waals surface area contributed by atoms with Gasteiger partial charge < -0.3 is 4.40 Å². The van der Waals surface area contributed by atoms with Crippen LogP contribution in [0.2, 0.25) is 0 Å². The third kappa shape index (κ3) is 2.29. The lowest BCUT2D eigenvalue weighted by Gasteiger charge is -2.20. The summed E-state index contributed by atoms with van der Waals surface area (Å²) < 4.78 is 2.11. The summed E-state index contributed by atoms with van der Waals surface area (Å²) in [5.41, 5.74) is 1.72. The van der Waals surface area contributed by atoms with Gasteiger partial charge in [-0.15, -0.1) is 0 Å². The van der Waals surface area contributed by atoms with Gasteiger partial charge in [-0.25, -0.2) is 4.98 Å². The van der Waals surface area contributed by atoms with Crippen molar-refractivity contribution < 1.29 is 4.79 Å². The highest BCUT2D eigenvalue weighted by Crippen LogP contribution is 2.25. The molecule has 1 aliphatic rings. The maximum Gasteiger partial charge on any atom is 0.150 e. The minimum atomic E-state index is 0.711. The van der Waals surface area contributed by atoms with Crippen LogP contribution in [0, 0.1) is 5.92 Å². The molecule has 1 saturated heterocycles. The quantitative estimate of drug-likeness (QED) is 0.796. The Kier molecular flexibility index (Phi) is 3.37. The van der Waals surface area contributed by atoms with Gasteiger partial charge in [-0.3, -0.25) is 4.79 Å². The Bertz CT molecular complexity index is 558. The van der Waals surface area contributed by atoms with Crippen LogP contribution in [0.3, 0.4) is 0 Å². The second-order valence-electron chi connectivity index (χ2n) is 4.81. The van der Waals surface area contributed by atoms with Gasteiger partial charge >= 0.3 is 0 Å². The largest absolute Gasteiger partial charge is 0.304 e. The van der Waals surface area contributed by atoms with Crippen molar-refractivity contribution in [1.29, 1.82) is 0 Å². The molecule has 1 aliphatic heterocycles. The lowest BCUT2D eigenvalue weighted by molar-refractivity contribution is 0.112. The number of carbonyl (C=O) groups is 1. The van der Waals surface area contributed by atoms with Gasteiger partial charge in [0, 0.05) is 18.2 Å².